The van der Waals surface area contributed by atoms with Crippen molar-refractivity contribution in [3.8, 4) is 11.5 Å². The number of esters is 1. The van der Waals surface area contributed by atoms with Crippen LogP contribution in [0.5, 0.6) is 11.5 Å². The van der Waals surface area contributed by atoms with E-state index >= 15 is 0 Å². The van der Waals surface area contributed by atoms with E-state index in [0.717, 1.165) is 42.5 Å². The highest BCUT2D eigenvalue weighted by Crippen LogP contribution is 2.57. The van der Waals surface area contributed by atoms with Gasteiger partial charge in [0.2, 0.25) is 0 Å². The van der Waals surface area contributed by atoms with Gasteiger partial charge in [0.15, 0.2) is 0 Å². The van der Waals surface area contributed by atoms with Crippen molar-refractivity contribution in [2.24, 2.45) is 17.8 Å². The lowest BCUT2D eigenvalue weighted by molar-refractivity contribution is -0.181. The van der Waals surface area contributed by atoms with Crippen molar-refractivity contribution in [3.05, 3.63) is 37.1 Å². The number of rotatable bonds is 2. The number of fused-ring (bicyclic) bond motifs is 1. The predicted octanol–water partition coefficient (Wildman–Crippen LogP) is 4.26. The summed E-state index contributed by atoms with van der Waals surface area (Å²) in [7, 11) is 0. The van der Waals surface area contributed by atoms with Crippen LogP contribution in [0.2, 0.25) is 0 Å². The summed E-state index contributed by atoms with van der Waals surface area (Å²) in [6.45, 7) is 3.48. The fourth-order valence-corrected chi connectivity index (χ4v) is 5.51. The third-order valence-electron chi connectivity index (χ3n) is 6.11. The Bertz CT molecular complexity index is 802. The number of benzene rings is 1. The van der Waals surface area contributed by atoms with Crippen LogP contribution < -0.4 is 0 Å². The molecule has 4 fully saturated rings. The van der Waals surface area contributed by atoms with Crippen molar-refractivity contribution >= 4 is 16.9 Å². The zero-order valence-corrected chi connectivity index (χ0v) is 14.8. The molecule has 4 aliphatic carbocycles. The van der Waals surface area contributed by atoms with Crippen LogP contribution in [0, 0.1) is 17.8 Å². The molecule has 0 atom stereocenters. The Hall–Kier alpha value is -2.43. The molecule has 6 rings (SSSR count). The number of aromatic amines is 1. The van der Waals surface area contributed by atoms with E-state index in [1.54, 1.807) is 12.1 Å². The van der Waals surface area contributed by atoms with E-state index in [1.165, 1.54) is 37.6 Å². The Balaban J connectivity index is 0.000000136. The number of H-pyrrole nitrogens is 1. The van der Waals surface area contributed by atoms with Crippen molar-refractivity contribution < 1.29 is 19.7 Å². The van der Waals surface area contributed by atoms with Crippen LogP contribution in [0.25, 0.3) is 10.9 Å². The number of ether oxygens (including phenoxy) is 1. The molecule has 0 saturated heterocycles. The molecule has 1 aromatic carbocycles. The van der Waals surface area contributed by atoms with E-state index in [0.29, 0.717) is 5.39 Å². The average molecular weight is 355 g/mol. The lowest BCUT2D eigenvalue weighted by Gasteiger charge is -2.55. The minimum atomic E-state index is -0.225. The highest BCUT2D eigenvalue weighted by Gasteiger charge is 2.52. The Kier molecular flexibility index (Phi) is 4.17. The molecule has 4 saturated carbocycles. The second-order valence-corrected chi connectivity index (χ2v) is 8.13. The summed E-state index contributed by atoms with van der Waals surface area (Å²) in [4.78, 5) is 14.2. The molecular weight excluding hydrogens is 330 g/mol. The molecule has 5 heteroatoms. The number of phenols is 1. The van der Waals surface area contributed by atoms with Gasteiger partial charge < -0.3 is 19.9 Å². The van der Waals surface area contributed by atoms with Crippen molar-refractivity contribution in [2.75, 3.05) is 0 Å². The van der Waals surface area contributed by atoms with E-state index in [4.69, 9.17) is 9.84 Å². The maximum absolute atomic E-state index is 11.4. The molecule has 3 N–H and O–H groups in total. The van der Waals surface area contributed by atoms with Crippen LogP contribution in [0.4, 0.5) is 0 Å². The number of carbonyl (C=O) groups excluding carboxylic acids is 1. The average Bonchev–Trinajstić information content (AvgIpc) is 2.94. The first kappa shape index (κ1) is 17.0. The van der Waals surface area contributed by atoms with Crippen LogP contribution in [0.1, 0.15) is 38.5 Å². The molecule has 0 aliphatic heterocycles. The van der Waals surface area contributed by atoms with Gasteiger partial charge in [-0.1, -0.05) is 6.58 Å². The molecule has 138 valence electrons. The van der Waals surface area contributed by atoms with E-state index in [-0.39, 0.29) is 23.1 Å². The maximum Gasteiger partial charge on any atom is 0.330 e. The van der Waals surface area contributed by atoms with Gasteiger partial charge in [0.05, 0.1) is 0 Å². The molecule has 26 heavy (non-hydrogen) atoms. The molecule has 2 aromatic rings. The van der Waals surface area contributed by atoms with Gasteiger partial charge in [-0.2, -0.15) is 0 Å². The van der Waals surface area contributed by atoms with Gasteiger partial charge in [0.1, 0.15) is 17.1 Å². The van der Waals surface area contributed by atoms with E-state index in [9.17, 15) is 9.90 Å². The van der Waals surface area contributed by atoms with Crippen LogP contribution in [-0.2, 0) is 9.53 Å². The molecule has 0 unspecified atom stereocenters. The summed E-state index contributed by atoms with van der Waals surface area (Å²) >= 11 is 0. The highest BCUT2D eigenvalue weighted by molar-refractivity contribution is 5.86. The molecule has 1 aromatic heterocycles. The third-order valence-corrected chi connectivity index (χ3v) is 6.11. The first-order valence-electron chi connectivity index (χ1n) is 9.31. The molecule has 5 nitrogen and oxygen atoms in total. The van der Waals surface area contributed by atoms with Gasteiger partial charge in [-0.25, -0.2) is 4.79 Å². The first-order chi connectivity index (χ1) is 12.5. The van der Waals surface area contributed by atoms with Crippen LogP contribution in [-0.4, -0.2) is 26.8 Å². The summed E-state index contributed by atoms with van der Waals surface area (Å²) < 4.78 is 5.64. The normalized spacial score (nSPS) is 31.3. The molecule has 0 spiro atoms. The molecular formula is C21H25NO4. The van der Waals surface area contributed by atoms with Crippen molar-refractivity contribution in [2.45, 2.75) is 44.1 Å². The standard InChI is InChI=1S/C13H18O2.C8H7NO2/c1-2-12(14)15-13-6-9-3-10(7-13)5-11(4-9)8-13;10-5-1-2-7-6(3-5)8(11)4-9-7/h2,9-11H,1,3-8H2;1-4,9-11H. The SMILES string of the molecule is C=CC(=O)OC12CC3CC(CC(C3)C1)C2.Oc1ccc2[nH]cc(O)c2c1. The maximum atomic E-state index is 11.4. The Morgan fingerprint density at radius 2 is 1.77 bits per heavy atom. The lowest BCUT2D eigenvalue weighted by Crippen LogP contribution is -2.52. The monoisotopic (exact) mass is 355 g/mol. The number of phenolic OH excluding ortho intramolecular Hbond substituents is 1. The first-order valence-corrected chi connectivity index (χ1v) is 9.31. The molecule has 4 bridgehead atoms. The molecule has 0 radical (unpaired) electrons. The van der Waals surface area contributed by atoms with Crippen LogP contribution in [0.3, 0.4) is 0 Å². The summed E-state index contributed by atoms with van der Waals surface area (Å²) in [5, 5.41) is 18.9. The van der Waals surface area contributed by atoms with E-state index in [2.05, 4.69) is 11.6 Å². The van der Waals surface area contributed by atoms with Gasteiger partial charge >= 0.3 is 5.97 Å². The smallest absolute Gasteiger partial charge is 0.330 e. The van der Waals surface area contributed by atoms with Crippen LogP contribution >= 0.6 is 0 Å². The van der Waals surface area contributed by atoms with Crippen molar-refractivity contribution in [1.29, 1.82) is 0 Å². The number of nitrogens with one attached hydrogen (secondary N) is 1. The Morgan fingerprint density at radius 3 is 2.35 bits per heavy atom. The van der Waals surface area contributed by atoms with Gasteiger partial charge in [0, 0.05) is 23.2 Å². The molecule has 4 aliphatic rings. The Labute approximate surface area is 152 Å². The van der Waals surface area contributed by atoms with Crippen molar-refractivity contribution in [1.82, 2.24) is 4.98 Å². The van der Waals surface area contributed by atoms with Gasteiger partial charge in [-0.3, -0.25) is 0 Å². The number of hydrogen-bond acceptors (Lipinski definition) is 4. The van der Waals surface area contributed by atoms with Crippen LogP contribution in [0.15, 0.2) is 37.1 Å². The largest absolute Gasteiger partial charge is 0.508 e. The summed E-state index contributed by atoms with van der Waals surface area (Å²) in [5.41, 5.74) is 0.723. The van der Waals surface area contributed by atoms with Gasteiger partial charge in [-0.05, 0) is 74.5 Å². The quantitative estimate of drug-likeness (QED) is 0.555. The number of aromatic hydroxyl groups is 2. The lowest BCUT2D eigenvalue weighted by atomic mass is 9.54. The fourth-order valence-electron chi connectivity index (χ4n) is 5.51. The summed E-state index contributed by atoms with van der Waals surface area (Å²) in [5.74, 6) is 2.58. The van der Waals surface area contributed by atoms with Gasteiger partial charge in [0.25, 0.3) is 0 Å². The highest BCUT2D eigenvalue weighted by atomic mass is 16.6. The summed E-state index contributed by atoms with van der Waals surface area (Å²) in [6, 6.07) is 4.80. The third kappa shape index (κ3) is 3.18. The molecule has 1 heterocycles. The van der Waals surface area contributed by atoms with Gasteiger partial charge in [-0.15, -0.1) is 0 Å². The number of aromatic nitrogens is 1. The minimum absolute atomic E-state index is 0.0972. The zero-order chi connectivity index (χ0) is 18.3. The van der Waals surface area contributed by atoms with E-state index in [1.807, 2.05) is 0 Å². The van der Waals surface area contributed by atoms with Crippen molar-refractivity contribution in [3.63, 3.8) is 0 Å². The fraction of sp³-hybridized carbons (Fsp3) is 0.476. The van der Waals surface area contributed by atoms with E-state index < -0.39 is 0 Å². The summed E-state index contributed by atoms with van der Waals surface area (Å²) in [6.07, 6.45) is 10.3. The topological polar surface area (TPSA) is 82.5 Å². The minimum Gasteiger partial charge on any atom is -0.508 e. The molecule has 0 amide bonds. The second kappa shape index (κ2) is 6.38. The second-order valence-electron chi connectivity index (χ2n) is 8.13. The number of hydrogen-bond donors (Lipinski definition) is 3. The Morgan fingerprint density at radius 1 is 1.15 bits per heavy atom. The number of carbonyl (C=O) groups is 1. The zero-order valence-electron chi connectivity index (χ0n) is 14.8. The predicted molar refractivity (Wildman–Crippen MR) is 98.8 cm³/mol.